The van der Waals surface area contributed by atoms with E-state index in [2.05, 4.69) is 0 Å². The van der Waals surface area contributed by atoms with Gasteiger partial charge in [-0.05, 0) is 25.6 Å². The molecule has 0 saturated heterocycles. The van der Waals surface area contributed by atoms with Crippen molar-refractivity contribution in [1.29, 1.82) is 0 Å². The van der Waals surface area contributed by atoms with Gasteiger partial charge in [-0.25, -0.2) is 0 Å². The first kappa shape index (κ1) is 11.6. The summed E-state index contributed by atoms with van der Waals surface area (Å²) in [5.74, 6) is -0.176. The van der Waals surface area contributed by atoms with Gasteiger partial charge in [0, 0.05) is 13.0 Å². The van der Waals surface area contributed by atoms with Gasteiger partial charge >= 0.3 is 0 Å². The lowest BCUT2D eigenvalue weighted by molar-refractivity contribution is -0.136. The molecule has 4 heteroatoms. The van der Waals surface area contributed by atoms with E-state index < -0.39 is 8.32 Å². The molecule has 0 amide bonds. The SMILES string of the molecule is CC(CO)CC(=O)O[Si](C)(C)C. The molecule has 0 aromatic carbocycles. The van der Waals surface area contributed by atoms with Crippen LogP contribution < -0.4 is 0 Å². The molecule has 1 unspecified atom stereocenters. The largest absolute Gasteiger partial charge is 0.520 e. The maximum atomic E-state index is 11.1. The van der Waals surface area contributed by atoms with Gasteiger partial charge in [0.05, 0.1) is 0 Å². The van der Waals surface area contributed by atoms with Gasteiger partial charge in [0.15, 0.2) is 0 Å². The summed E-state index contributed by atoms with van der Waals surface area (Å²) in [7, 11) is -1.73. The molecular weight excluding hydrogens is 172 g/mol. The summed E-state index contributed by atoms with van der Waals surface area (Å²) in [5.41, 5.74) is 0. The minimum atomic E-state index is -1.73. The van der Waals surface area contributed by atoms with Gasteiger partial charge in [-0.1, -0.05) is 6.92 Å². The molecule has 3 nitrogen and oxygen atoms in total. The van der Waals surface area contributed by atoms with Crippen molar-refractivity contribution >= 4 is 14.3 Å². The molecule has 0 spiro atoms. The van der Waals surface area contributed by atoms with E-state index in [4.69, 9.17) is 9.53 Å². The molecule has 0 aliphatic heterocycles. The average molecular weight is 190 g/mol. The Labute approximate surface area is 74.9 Å². The summed E-state index contributed by atoms with van der Waals surface area (Å²) in [4.78, 5) is 11.1. The lowest BCUT2D eigenvalue weighted by Crippen LogP contribution is -2.30. The average Bonchev–Trinajstić information content (AvgIpc) is 1.82. The van der Waals surface area contributed by atoms with Crippen molar-refractivity contribution in [3.8, 4) is 0 Å². The molecule has 0 rings (SSSR count). The highest BCUT2D eigenvalue weighted by Crippen LogP contribution is 2.08. The maximum Gasteiger partial charge on any atom is 0.292 e. The maximum absolute atomic E-state index is 11.1. The Bertz CT molecular complexity index is 151. The van der Waals surface area contributed by atoms with Crippen LogP contribution in [-0.2, 0) is 9.22 Å². The predicted molar refractivity (Wildman–Crippen MR) is 50.3 cm³/mol. The van der Waals surface area contributed by atoms with Crippen molar-refractivity contribution in [2.24, 2.45) is 5.92 Å². The number of hydrogen-bond donors (Lipinski definition) is 1. The molecule has 0 aliphatic carbocycles. The van der Waals surface area contributed by atoms with Gasteiger partial charge < -0.3 is 9.53 Å². The Kier molecular flexibility index (Phi) is 4.48. The first-order valence-corrected chi connectivity index (χ1v) is 7.58. The minimum absolute atomic E-state index is 0.00819. The molecule has 0 aliphatic rings. The van der Waals surface area contributed by atoms with E-state index in [-0.39, 0.29) is 18.5 Å². The summed E-state index contributed by atoms with van der Waals surface area (Å²) in [6.07, 6.45) is 0.320. The van der Waals surface area contributed by atoms with Gasteiger partial charge in [-0.3, -0.25) is 4.79 Å². The van der Waals surface area contributed by atoms with Crippen LogP contribution in [0.15, 0.2) is 0 Å². The number of carbonyl (C=O) groups is 1. The second kappa shape index (κ2) is 4.62. The zero-order valence-corrected chi connectivity index (χ0v) is 9.26. The van der Waals surface area contributed by atoms with Crippen LogP contribution in [-0.4, -0.2) is 26.0 Å². The molecule has 1 atom stereocenters. The second-order valence-electron chi connectivity index (χ2n) is 4.08. The molecule has 0 aromatic heterocycles. The minimum Gasteiger partial charge on any atom is -0.520 e. The molecule has 0 radical (unpaired) electrons. The quantitative estimate of drug-likeness (QED) is 0.681. The van der Waals surface area contributed by atoms with E-state index >= 15 is 0 Å². The summed E-state index contributed by atoms with van der Waals surface area (Å²) in [5, 5.41) is 8.69. The van der Waals surface area contributed by atoms with Crippen molar-refractivity contribution in [3.05, 3.63) is 0 Å². The Morgan fingerprint density at radius 2 is 2.00 bits per heavy atom. The van der Waals surface area contributed by atoms with Crippen LogP contribution in [0.5, 0.6) is 0 Å². The van der Waals surface area contributed by atoms with Crippen LogP contribution in [0.25, 0.3) is 0 Å². The lowest BCUT2D eigenvalue weighted by atomic mass is 10.1. The number of rotatable bonds is 4. The van der Waals surface area contributed by atoms with Crippen molar-refractivity contribution in [3.63, 3.8) is 0 Å². The van der Waals surface area contributed by atoms with Gasteiger partial charge in [0.2, 0.25) is 8.32 Å². The first-order valence-electron chi connectivity index (χ1n) is 4.18. The molecule has 1 N–H and O–H groups in total. The fourth-order valence-corrected chi connectivity index (χ4v) is 1.50. The zero-order chi connectivity index (χ0) is 9.78. The number of carbonyl (C=O) groups excluding carboxylic acids is 1. The lowest BCUT2D eigenvalue weighted by Gasteiger charge is -2.18. The number of aliphatic hydroxyl groups is 1. The molecule has 0 fully saturated rings. The van der Waals surface area contributed by atoms with Gasteiger partial charge in [-0.2, -0.15) is 0 Å². The van der Waals surface area contributed by atoms with E-state index in [1.807, 2.05) is 26.6 Å². The zero-order valence-electron chi connectivity index (χ0n) is 8.26. The topological polar surface area (TPSA) is 46.5 Å². The number of aliphatic hydroxyl groups excluding tert-OH is 1. The van der Waals surface area contributed by atoms with Crippen LogP contribution in [0.1, 0.15) is 13.3 Å². The number of hydrogen-bond acceptors (Lipinski definition) is 3. The van der Waals surface area contributed by atoms with Gasteiger partial charge in [-0.15, -0.1) is 0 Å². The van der Waals surface area contributed by atoms with Crippen LogP contribution in [0.2, 0.25) is 19.6 Å². The molecule has 0 aromatic rings. The third-order valence-electron chi connectivity index (χ3n) is 1.25. The third-order valence-corrected chi connectivity index (χ3v) is 2.09. The fraction of sp³-hybridized carbons (Fsp3) is 0.875. The van der Waals surface area contributed by atoms with Crippen LogP contribution >= 0.6 is 0 Å². The Balaban J connectivity index is 3.75. The first-order chi connectivity index (χ1) is 5.35. The summed E-state index contributed by atoms with van der Waals surface area (Å²) >= 11 is 0. The monoisotopic (exact) mass is 190 g/mol. The van der Waals surface area contributed by atoms with Crippen LogP contribution in [0, 0.1) is 5.92 Å². The summed E-state index contributed by atoms with van der Waals surface area (Å²) in [6.45, 7) is 7.77. The van der Waals surface area contributed by atoms with Crippen molar-refractivity contribution in [1.82, 2.24) is 0 Å². The highest BCUT2D eigenvalue weighted by Gasteiger charge is 2.20. The smallest absolute Gasteiger partial charge is 0.292 e. The standard InChI is InChI=1S/C8H18O3Si/c1-7(6-9)5-8(10)11-12(2,3)4/h7,9H,5-6H2,1-4H3. The molecule has 0 bridgehead atoms. The summed E-state index contributed by atoms with van der Waals surface area (Å²) in [6, 6.07) is 0. The molecule has 12 heavy (non-hydrogen) atoms. The molecule has 0 saturated carbocycles. The Hall–Kier alpha value is -0.353. The molecular formula is C8H18O3Si. The highest BCUT2D eigenvalue weighted by atomic mass is 28.4. The van der Waals surface area contributed by atoms with E-state index in [9.17, 15) is 4.79 Å². The van der Waals surface area contributed by atoms with Gasteiger partial charge in [0.25, 0.3) is 5.97 Å². The van der Waals surface area contributed by atoms with Crippen molar-refractivity contribution < 1.29 is 14.3 Å². The van der Waals surface area contributed by atoms with Crippen LogP contribution in [0.3, 0.4) is 0 Å². The van der Waals surface area contributed by atoms with Crippen molar-refractivity contribution in [2.75, 3.05) is 6.61 Å². The summed E-state index contributed by atoms with van der Waals surface area (Å²) < 4.78 is 5.20. The van der Waals surface area contributed by atoms with Gasteiger partial charge in [0.1, 0.15) is 0 Å². The van der Waals surface area contributed by atoms with E-state index in [0.717, 1.165) is 0 Å². The van der Waals surface area contributed by atoms with Crippen molar-refractivity contribution in [2.45, 2.75) is 33.0 Å². The molecule has 0 heterocycles. The Morgan fingerprint density at radius 1 is 1.50 bits per heavy atom. The predicted octanol–water partition coefficient (Wildman–Crippen LogP) is 1.38. The van der Waals surface area contributed by atoms with Crippen LogP contribution in [0.4, 0.5) is 0 Å². The van der Waals surface area contributed by atoms with E-state index in [1.54, 1.807) is 0 Å². The normalized spacial score (nSPS) is 14.1. The Morgan fingerprint density at radius 3 is 2.33 bits per heavy atom. The fourth-order valence-electron chi connectivity index (χ4n) is 0.732. The highest BCUT2D eigenvalue weighted by molar-refractivity contribution is 6.71. The molecule has 72 valence electrons. The van der Waals surface area contributed by atoms with E-state index in [1.165, 1.54) is 0 Å². The second-order valence-corrected chi connectivity index (χ2v) is 8.51. The third kappa shape index (κ3) is 6.36. The van der Waals surface area contributed by atoms with E-state index in [0.29, 0.717) is 6.42 Å².